The van der Waals surface area contributed by atoms with Gasteiger partial charge in [-0.3, -0.25) is 4.79 Å². The molecule has 0 fully saturated rings. The van der Waals surface area contributed by atoms with Crippen LogP contribution in [0.1, 0.15) is 34.6 Å². The maximum absolute atomic E-state index is 13.0. The molecule has 212 valence electrons. The van der Waals surface area contributed by atoms with E-state index in [4.69, 9.17) is 9.84 Å². The van der Waals surface area contributed by atoms with E-state index < -0.39 is 83.4 Å². The van der Waals surface area contributed by atoms with Crippen molar-refractivity contribution in [1.29, 1.82) is 0 Å². The van der Waals surface area contributed by atoms with Gasteiger partial charge >= 0.3 is 17.9 Å². The zero-order valence-electron chi connectivity index (χ0n) is 20.6. The number of aromatic hydroxyl groups is 6. The molecule has 0 aliphatic heterocycles. The van der Waals surface area contributed by atoms with E-state index in [0.717, 1.165) is 36.4 Å². The number of phenolic OH excluding ortho intramolecular Hbond substituents is 6. The van der Waals surface area contributed by atoms with Crippen LogP contribution in [0.15, 0.2) is 48.5 Å². The zero-order valence-corrected chi connectivity index (χ0v) is 20.6. The number of carboxylic acid groups (broad SMARTS) is 2. The second kappa shape index (κ2) is 12.1. The fraction of sp³-hybridized carbons (Fsp3) is 0.222. The van der Waals surface area contributed by atoms with Gasteiger partial charge in [0.15, 0.2) is 40.6 Å². The molecule has 13 nitrogen and oxygen atoms in total. The van der Waals surface area contributed by atoms with Crippen LogP contribution in [0.3, 0.4) is 0 Å². The number of aliphatic carboxylic acids is 2. The molecule has 13 heteroatoms. The number of aliphatic hydroxyl groups excluding tert-OH is 1. The number of ether oxygens (including phenoxy) is 1. The van der Waals surface area contributed by atoms with Gasteiger partial charge in [-0.25, -0.2) is 9.59 Å². The number of esters is 1. The Morgan fingerprint density at radius 1 is 0.675 bits per heavy atom. The van der Waals surface area contributed by atoms with Crippen LogP contribution in [-0.4, -0.2) is 76.1 Å². The maximum Gasteiger partial charge on any atom is 0.345 e. The van der Waals surface area contributed by atoms with E-state index in [2.05, 4.69) is 0 Å². The summed E-state index contributed by atoms with van der Waals surface area (Å²) >= 11 is 0. The third-order valence-electron chi connectivity index (χ3n) is 6.09. The van der Waals surface area contributed by atoms with Crippen molar-refractivity contribution in [3.05, 3.63) is 70.8 Å². The van der Waals surface area contributed by atoms with Crippen LogP contribution >= 0.6 is 0 Å². The van der Waals surface area contributed by atoms with E-state index in [1.807, 2.05) is 0 Å². The van der Waals surface area contributed by atoms with E-state index in [-0.39, 0.29) is 28.7 Å². The highest BCUT2D eigenvalue weighted by atomic mass is 16.6. The minimum absolute atomic E-state index is 0.00455. The molecule has 0 aliphatic rings. The Morgan fingerprint density at radius 3 is 1.82 bits per heavy atom. The molecule has 40 heavy (non-hydrogen) atoms. The van der Waals surface area contributed by atoms with Crippen LogP contribution in [-0.2, 0) is 32.0 Å². The highest BCUT2D eigenvalue weighted by molar-refractivity contribution is 5.79. The Kier molecular flexibility index (Phi) is 8.91. The van der Waals surface area contributed by atoms with Crippen LogP contribution in [0.4, 0.5) is 0 Å². The van der Waals surface area contributed by atoms with Gasteiger partial charge in [0.05, 0.1) is 6.42 Å². The van der Waals surface area contributed by atoms with Crippen molar-refractivity contribution in [2.24, 2.45) is 0 Å². The fourth-order valence-corrected chi connectivity index (χ4v) is 4.06. The lowest BCUT2D eigenvalue weighted by atomic mass is 9.83. The normalized spacial score (nSPS) is 13.2. The number of rotatable bonds is 11. The van der Waals surface area contributed by atoms with Gasteiger partial charge in [0.2, 0.25) is 6.10 Å². The van der Waals surface area contributed by atoms with E-state index in [0.29, 0.717) is 0 Å². The summed E-state index contributed by atoms with van der Waals surface area (Å²) in [5.41, 5.74) is 0.417. The summed E-state index contributed by atoms with van der Waals surface area (Å²) in [4.78, 5) is 36.1. The number of phenols is 6. The first kappa shape index (κ1) is 29.4. The number of hydrogen-bond donors (Lipinski definition) is 9. The molecule has 0 amide bonds. The maximum atomic E-state index is 13.0. The molecule has 3 atom stereocenters. The minimum Gasteiger partial charge on any atom is -0.504 e. The van der Waals surface area contributed by atoms with E-state index >= 15 is 0 Å². The molecule has 0 aliphatic carbocycles. The molecule has 3 aromatic rings. The van der Waals surface area contributed by atoms with Crippen molar-refractivity contribution in [2.75, 3.05) is 0 Å². The molecule has 9 N–H and O–H groups in total. The van der Waals surface area contributed by atoms with Gasteiger partial charge in [-0.15, -0.1) is 0 Å². The van der Waals surface area contributed by atoms with Crippen molar-refractivity contribution in [3.63, 3.8) is 0 Å². The van der Waals surface area contributed by atoms with E-state index in [9.17, 15) is 55.2 Å². The molecule has 0 saturated carbocycles. The number of benzene rings is 3. The Bertz CT molecular complexity index is 1430. The Hall–Kier alpha value is -5.17. The quantitative estimate of drug-likeness (QED) is 0.120. The number of aliphatic hydroxyl groups is 1. The second-order valence-electron chi connectivity index (χ2n) is 8.95. The first-order chi connectivity index (χ1) is 18.8. The predicted octanol–water partition coefficient (Wildman–Crippen LogP) is 1.67. The van der Waals surface area contributed by atoms with Crippen molar-refractivity contribution in [3.8, 4) is 34.5 Å². The predicted molar refractivity (Wildman–Crippen MR) is 134 cm³/mol. The second-order valence-corrected chi connectivity index (χ2v) is 8.95. The largest absolute Gasteiger partial charge is 0.504 e. The molecule has 3 aromatic carbocycles. The molecular formula is C27H26O13. The molecular weight excluding hydrogens is 532 g/mol. The third kappa shape index (κ3) is 7.02. The zero-order chi connectivity index (χ0) is 29.7. The van der Waals surface area contributed by atoms with Gasteiger partial charge in [0, 0.05) is 18.8 Å². The highest BCUT2D eigenvalue weighted by Gasteiger charge is 2.29. The van der Waals surface area contributed by atoms with Gasteiger partial charge in [-0.1, -0.05) is 12.1 Å². The smallest absolute Gasteiger partial charge is 0.345 e. The summed E-state index contributed by atoms with van der Waals surface area (Å²) < 4.78 is 5.18. The molecule has 0 spiro atoms. The van der Waals surface area contributed by atoms with Gasteiger partial charge < -0.3 is 50.7 Å². The van der Waals surface area contributed by atoms with Crippen molar-refractivity contribution >= 4 is 17.9 Å². The Balaban J connectivity index is 2.00. The number of hydrogen-bond acceptors (Lipinski definition) is 11. The summed E-state index contributed by atoms with van der Waals surface area (Å²) in [6.45, 7) is 0. The molecule has 0 unspecified atom stereocenters. The number of carboxylic acids is 2. The standard InChI is InChI=1S/C27H26O13/c28-17-3-1-12(5-19(17)30)6-24(27(38)39)40-25(35)11-16(13-2-4-18(29)20(31)7-13)15-10-22(33)21(32)8-14(15)9-23(34)26(36)37/h1-5,7-8,10,16,23-24,28-34H,6,9,11H2,(H,36,37)(H,38,39)/t16-,23-,24-/m1/s1. The van der Waals surface area contributed by atoms with Crippen LogP contribution in [0.25, 0.3) is 0 Å². The Morgan fingerprint density at radius 2 is 1.25 bits per heavy atom. The summed E-state index contributed by atoms with van der Waals surface area (Å²) in [7, 11) is 0. The third-order valence-corrected chi connectivity index (χ3v) is 6.09. The lowest BCUT2D eigenvalue weighted by Crippen LogP contribution is -2.30. The summed E-state index contributed by atoms with van der Waals surface area (Å²) in [5, 5.41) is 87.8. The monoisotopic (exact) mass is 558 g/mol. The number of carbonyl (C=O) groups excluding carboxylic acids is 1. The van der Waals surface area contributed by atoms with Gasteiger partial charge in [-0.2, -0.15) is 0 Å². The summed E-state index contributed by atoms with van der Waals surface area (Å²) in [6.07, 6.45) is -5.23. The Labute approximate surface area is 226 Å². The molecule has 3 rings (SSSR count). The van der Waals surface area contributed by atoms with Crippen molar-refractivity contribution in [2.45, 2.75) is 37.4 Å². The molecule has 0 aromatic heterocycles. The van der Waals surface area contributed by atoms with Crippen LogP contribution in [0.5, 0.6) is 34.5 Å². The van der Waals surface area contributed by atoms with Crippen LogP contribution < -0.4 is 0 Å². The SMILES string of the molecule is O=C(C[C@H](c1ccc(O)c(O)c1)c1cc(O)c(O)cc1C[C@@H](O)C(=O)O)O[C@H](Cc1ccc(O)c(O)c1)C(=O)O. The van der Waals surface area contributed by atoms with Crippen molar-refractivity contribution in [1.82, 2.24) is 0 Å². The average Bonchev–Trinajstić information content (AvgIpc) is 2.88. The summed E-state index contributed by atoms with van der Waals surface area (Å²) in [6, 6.07) is 9.06. The first-order valence-corrected chi connectivity index (χ1v) is 11.7. The molecule has 0 bridgehead atoms. The minimum atomic E-state index is -1.93. The van der Waals surface area contributed by atoms with Gasteiger partial charge in [0.1, 0.15) is 0 Å². The molecule has 0 radical (unpaired) electrons. The van der Waals surface area contributed by atoms with Gasteiger partial charge in [-0.05, 0) is 58.7 Å². The molecule has 0 saturated heterocycles. The lowest BCUT2D eigenvalue weighted by Gasteiger charge is -2.23. The first-order valence-electron chi connectivity index (χ1n) is 11.7. The van der Waals surface area contributed by atoms with Crippen molar-refractivity contribution < 1.29 is 65.1 Å². The summed E-state index contributed by atoms with van der Waals surface area (Å²) in [5.74, 6) is -8.66. The topological polar surface area (TPSA) is 243 Å². The van der Waals surface area contributed by atoms with Crippen LogP contribution in [0.2, 0.25) is 0 Å². The highest BCUT2D eigenvalue weighted by Crippen LogP contribution is 2.40. The average molecular weight is 558 g/mol. The van der Waals surface area contributed by atoms with E-state index in [1.165, 1.54) is 12.1 Å². The van der Waals surface area contributed by atoms with E-state index in [1.54, 1.807) is 0 Å². The van der Waals surface area contributed by atoms with Crippen LogP contribution in [0, 0.1) is 0 Å². The lowest BCUT2D eigenvalue weighted by molar-refractivity contribution is -0.164. The number of carbonyl (C=O) groups is 3. The molecule has 0 heterocycles. The fourth-order valence-electron chi connectivity index (χ4n) is 4.06. The van der Waals surface area contributed by atoms with Gasteiger partial charge in [0.25, 0.3) is 0 Å².